The molecule has 0 spiro atoms. The van der Waals surface area contributed by atoms with Crippen LogP contribution in [0.2, 0.25) is 0 Å². The first-order chi connectivity index (χ1) is 13.3. The van der Waals surface area contributed by atoms with Crippen LogP contribution in [0.25, 0.3) is 33.4 Å². The molecule has 0 unspecified atom stereocenters. The van der Waals surface area contributed by atoms with E-state index in [2.05, 4.69) is 4.98 Å². The number of rotatable bonds is 3. The van der Waals surface area contributed by atoms with E-state index in [1.807, 2.05) is 55.5 Å². The predicted octanol–water partition coefficient (Wildman–Crippen LogP) is 4.26. The minimum atomic E-state index is -3.25. The maximum atomic E-state index is 11.8. The number of nitrogens with zero attached hydrogens (tertiary/aromatic N) is 2. The second-order valence-corrected chi connectivity index (χ2v) is 8.77. The second-order valence-electron chi connectivity index (χ2n) is 6.75. The van der Waals surface area contributed by atoms with Gasteiger partial charge in [-0.05, 0) is 42.3 Å². The van der Waals surface area contributed by atoms with E-state index in [9.17, 15) is 8.42 Å². The SMILES string of the molecule is Cc1nc2cccc(N)c2nc1-c1ccc(-c2cccc(S(C)(=O)=O)c2)cc1. The Labute approximate surface area is 163 Å². The van der Waals surface area contributed by atoms with E-state index in [4.69, 9.17) is 10.7 Å². The molecule has 140 valence electrons. The molecule has 0 radical (unpaired) electrons. The summed E-state index contributed by atoms with van der Waals surface area (Å²) < 4.78 is 23.6. The summed E-state index contributed by atoms with van der Waals surface area (Å²) in [4.78, 5) is 9.66. The van der Waals surface area contributed by atoms with Crippen molar-refractivity contribution in [1.82, 2.24) is 9.97 Å². The molecule has 1 heterocycles. The largest absolute Gasteiger partial charge is 0.397 e. The van der Waals surface area contributed by atoms with Crippen molar-refractivity contribution in [2.24, 2.45) is 0 Å². The van der Waals surface area contributed by atoms with E-state index >= 15 is 0 Å². The number of aromatic nitrogens is 2. The van der Waals surface area contributed by atoms with Gasteiger partial charge in [-0.25, -0.2) is 18.4 Å². The number of aryl methyl sites for hydroxylation is 1. The lowest BCUT2D eigenvalue weighted by atomic mass is 10.0. The zero-order valence-electron chi connectivity index (χ0n) is 15.5. The van der Waals surface area contributed by atoms with Crippen molar-refractivity contribution in [2.45, 2.75) is 11.8 Å². The van der Waals surface area contributed by atoms with Crippen molar-refractivity contribution in [2.75, 3.05) is 12.0 Å². The van der Waals surface area contributed by atoms with Gasteiger partial charge in [0.1, 0.15) is 5.52 Å². The van der Waals surface area contributed by atoms with Gasteiger partial charge < -0.3 is 5.73 Å². The van der Waals surface area contributed by atoms with E-state index in [-0.39, 0.29) is 0 Å². The first-order valence-corrected chi connectivity index (χ1v) is 10.7. The van der Waals surface area contributed by atoms with Gasteiger partial charge in [-0.3, -0.25) is 0 Å². The molecule has 3 aromatic carbocycles. The van der Waals surface area contributed by atoms with Gasteiger partial charge in [0, 0.05) is 11.8 Å². The molecule has 6 heteroatoms. The third-order valence-electron chi connectivity index (χ3n) is 4.65. The molecule has 4 rings (SSSR count). The van der Waals surface area contributed by atoms with Crippen LogP contribution in [0.15, 0.2) is 71.6 Å². The molecule has 0 amide bonds. The molecule has 0 aliphatic rings. The standard InChI is InChI=1S/C22H19N3O2S/c1-14-21(25-22-19(23)7-4-8-20(22)24-14)16-11-9-15(10-12-16)17-5-3-6-18(13-17)28(2,26)27/h3-13H,23H2,1-2H3. The molecule has 28 heavy (non-hydrogen) atoms. The third-order valence-corrected chi connectivity index (χ3v) is 5.76. The number of nitrogens with two attached hydrogens (primary N) is 1. The van der Waals surface area contributed by atoms with Gasteiger partial charge in [0.05, 0.1) is 27.5 Å². The number of anilines is 1. The van der Waals surface area contributed by atoms with Gasteiger partial charge in [-0.15, -0.1) is 0 Å². The predicted molar refractivity (Wildman–Crippen MR) is 113 cm³/mol. The Bertz CT molecular complexity index is 1300. The lowest BCUT2D eigenvalue weighted by Crippen LogP contribution is -1.98. The summed E-state index contributed by atoms with van der Waals surface area (Å²) in [5.74, 6) is 0. The van der Waals surface area contributed by atoms with E-state index in [1.54, 1.807) is 18.2 Å². The lowest BCUT2D eigenvalue weighted by molar-refractivity contribution is 0.602. The van der Waals surface area contributed by atoms with Gasteiger partial charge in [0.15, 0.2) is 9.84 Å². The summed E-state index contributed by atoms with van der Waals surface area (Å²) in [5.41, 5.74) is 12.4. The molecule has 5 nitrogen and oxygen atoms in total. The van der Waals surface area contributed by atoms with E-state index < -0.39 is 9.84 Å². The third kappa shape index (κ3) is 3.34. The van der Waals surface area contributed by atoms with Gasteiger partial charge in [0.2, 0.25) is 0 Å². The molecule has 0 saturated heterocycles. The summed E-state index contributed by atoms with van der Waals surface area (Å²) >= 11 is 0. The van der Waals surface area contributed by atoms with Crippen LogP contribution in [0, 0.1) is 6.92 Å². The second kappa shape index (κ2) is 6.73. The number of para-hydroxylation sites is 1. The molecule has 0 fully saturated rings. The van der Waals surface area contributed by atoms with Crippen LogP contribution in [0.5, 0.6) is 0 Å². The zero-order chi connectivity index (χ0) is 19.9. The highest BCUT2D eigenvalue weighted by Gasteiger charge is 2.11. The van der Waals surface area contributed by atoms with Crippen LogP contribution in [0.4, 0.5) is 5.69 Å². The van der Waals surface area contributed by atoms with Crippen molar-refractivity contribution in [3.05, 3.63) is 72.4 Å². The monoisotopic (exact) mass is 389 g/mol. The number of benzene rings is 3. The first kappa shape index (κ1) is 18.1. The molecule has 0 bridgehead atoms. The van der Waals surface area contributed by atoms with Crippen molar-refractivity contribution >= 4 is 26.6 Å². The number of hydrogen-bond donors (Lipinski definition) is 1. The number of fused-ring (bicyclic) bond motifs is 1. The van der Waals surface area contributed by atoms with E-state index in [0.717, 1.165) is 33.6 Å². The minimum absolute atomic E-state index is 0.306. The molecule has 0 atom stereocenters. The van der Waals surface area contributed by atoms with Crippen LogP contribution in [-0.2, 0) is 9.84 Å². The van der Waals surface area contributed by atoms with Gasteiger partial charge in [-0.2, -0.15) is 0 Å². The van der Waals surface area contributed by atoms with Gasteiger partial charge >= 0.3 is 0 Å². The topological polar surface area (TPSA) is 85.9 Å². The van der Waals surface area contributed by atoms with Crippen molar-refractivity contribution in [1.29, 1.82) is 0 Å². The highest BCUT2D eigenvalue weighted by atomic mass is 32.2. The highest BCUT2D eigenvalue weighted by Crippen LogP contribution is 2.28. The normalized spacial score (nSPS) is 11.6. The number of hydrogen-bond acceptors (Lipinski definition) is 5. The van der Waals surface area contributed by atoms with E-state index in [0.29, 0.717) is 16.1 Å². The number of nitrogen functional groups attached to an aromatic ring is 1. The summed E-state index contributed by atoms with van der Waals surface area (Å²) in [6, 6.07) is 20.3. The molecule has 0 aliphatic carbocycles. The Morgan fingerprint density at radius 1 is 0.821 bits per heavy atom. The quantitative estimate of drug-likeness (QED) is 0.529. The fraction of sp³-hybridized carbons (Fsp3) is 0.0909. The van der Waals surface area contributed by atoms with Crippen molar-refractivity contribution in [3.63, 3.8) is 0 Å². The Kier molecular flexibility index (Phi) is 4.35. The van der Waals surface area contributed by atoms with Crippen LogP contribution in [-0.4, -0.2) is 24.6 Å². The molecule has 0 aliphatic heterocycles. The Morgan fingerprint density at radius 3 is 2.21 bits per heavy atom. The fourth-order valence-corrected chi connectivity index (χ4v) is 3.85. The first-order valence-electron chi connectivity index (χ1n) is 8.77. The fourth-order valence-electron chi connectivity index (χ4n) is 3.19. The van der Waals surface area contributed by atoms with Crippen LogP contribution >= 0.6 is 0 Å². The van der Waals surface area contributed by atoms with Crippen molar-refractivity contribution < 1.29 is 8.42 Å². The van der Waals surface area contributed by atoms with Gasteiger partial charge in [-0.1, -0.05) is 42.5 Å². The molecule has 1 aromatic heterocycles. The maximum Gasteiger partial charge on any atom is 0.175 e. The average Bonchev–Trinajstić information content (AvgIpc) is 2.67. The summed E-state index contributed by atoms with van der Waals surface area (Å²) in [5, 5.41) is 0. The van der Waals surface area contributed by atoms with E-state index in [1.165, 1.54) is 6.26 Å². The summed E-state index contributed by atoms with van der Waals surface area (Å²) in [6.45, 7) is 1.93. The molecule has 4 aromatic rings. The summed E-state index contributed by atoms with van der Waals surface area (Å²) in [7, 11) is -3.25. The molecule has 0 saturated carbocycles. The van der Waals surface area contributed by atoms with Crippen LogP contribution in [0.1, 0.15) is 5.69 Å². The van der Waals surface area contributed by atoms with Crippen molar-refractivity contribution in [3.8, 4) is 22.4 Å². The van der Waals surface area contributed by atoms with Crippen LogP contribution < -0.4 is 5.73 Å². The molecular weight excluding hydrogens is 370 g/mol. The Morgan fingerprint density at radius 2 is 1.50 bits per heavy atom. The molecule has 2 N–H and O–H groups in total. The van der Waals surface area contributed by atoms with Gasteiger partial charge in [0.25, 0.3) is 0 Å². The molecular formula is C22H19N3O2S. The number of sulfone groups is 1. The maximum absolute atomic E-state index is 11.8. The lowest BCUT2D eigenvalue weighted by Gasteiger charge is -2.10. The average molecular weight is 389 g/mol. The highest BCUT2D eigenvalue weighted by molar-refractivity contribution is 7.90. The Balaban J connectivity index is 1.76. The van der Waals surface area contributed by atoms with Crippen LogP contribution in [0.3, 0.4) is 0 Å². The minimum Gasteiger partial charge on any atom is -0.397 e. The zero-order valence-corrected chi connectivity index (χ0v) is 16.4. The Hall–Kier alpha value is -3.25. The summed E-state index contributed by atoms with van der Waals surface area (Å²) in [6.07, 6.45) is 1.21. The smallest absolute Gasteiger partial charge is 0.175 e.